The summed E-state index contributed by atoms with van der Waals surface area (Å²) in [6.07, 6.45) is 0. The van der Waals surface area contributed by atoms with Crippen molar-refractivity contribution in [2.24, 2.45) is 0 Å². The van der Waals surface area contributed by atoms with Crippen molar-refractivity contribution in [1.29, 1.82) is 0 Å². The van der Waals surface area contributed by atoms with Gasteiger partial charge in [-0.3, -0.25) is 4.79 Å². The number of rotatable bonds is 7. The molecule has 0 heterocycles. The van der Waals surface area contributed by atoms with Gasteiger partial charge in [0.25, 0.3) is 0 Å². The number of anilines is 1. The van der Waals surface area contributed by atoms with Crippen LogP contribution in [-0.4, -0.2) is 25.9 Å². The third-order valence-corrected chi connectivity index (χ3v) is 4.67. The van der Waals surface area contributed by atoms with E-state index in [9.17, 15) is 4.79 Å². The van der Waals surface area contributed by atoms with Gasteiger partial charge in [0.1, 0.15) is 11.5 Å². The molecule has 0 radical (unpaired) electrons. The highest BCUT2D eigenvalue weighted by molar-refractivity contribution is 7.99. The Hall–Kier alpha value is -1.56. The first-order valence-electron chi connectivity index (χ1n) is 7.07. The summed E-state index contributed by atoms with van der Waals surface area (Å²) >= 11 is 13.5. The molecule has 0 atom stereocenters. The zero-order valence-electron chi connectivity index (χ0n) is 13.3. The van der Waals surface area contributed by atoms with Crippen LogP contribution in [0.2, 0.25) is 10.0 Å². The lowest BCUT2D eigenvalue weighted by molar-refractivity contribution is -0.113. The fraction of sp³-hybridized carbons (Fsp3) is 0.235. The molecule has 7 heteroatoms. The Morgan fingerprint density at radius 1 is 1.12 bits per heavy atom. The fourth-order valence-electron chi connectivity index (χ4n) is 2.03. The first kappa shape index (κ1) is 18.8. The topological polar surface area (TPSA) is 47.6 Å². The quantitative estimate of drug-likeness (QED) is 0.737. The second-order valence-corrected chi connectivity index (χ2v) is 6.69. The number of thioether (sulfide) groups is 1. The van der Waals surface area contributed by atoms with Gasteiger partial charge >= 0.3 is 0 Å². The molecule has 0 saturated carbocycles. The smallest absolute Gasteiger partial charge is 0.234 e. The monoisotopic (exact) mass is 385 g/mol. The minimum Gasteiger partial charge on any atom is -0.495 e. The molecule has 0 spiro atoms. The predicted octanol–water partition coefficient (Wildman–Crippen LogP) is 4.88. The molecule has 0 bridgehead atoms. The minimum atomic E-state index is -0.135. The molecule has 0 aliphatic rings. The summed E-state index contributed by atoms with van der Waals surface area (Å²) in [5.74, 6) is 1.83. The number of methoxy groups -OCH3 is 2. The van der Waals surface area contributed by atoms with Crippen molar-refractivity contribution in [1.82, 2.24) is 0 Å². The lowest BCUT2D eigenvalue weighted by atomic mass is 10.2. The molecule has 2 rings (SSSR count). The van der Waals surface area contributed by atoms with Crippen LogP contribution in [0.5, 0.6) is 11.5 Å². The zero-order valence-corrected chi connectivity index (χ0v) is 15.6. The SMILES string of the molecule is COc1cc(NC(=O)CSCc2cccc(Cl)c2)c(OC)cc1Cl. The molecule has 128 valence electrons. The highest BCUT2D eigenvalue weighted by Gasteiger charge is 2.12. The summed E-state index contributed by atoms with van der Waals surface area (Å²) in [4.78, 5) is 12.1. The summed E-state index contributed by atoms with van der Waals surface area (Å²) < 4.78 is 10.4. The Morgan fingerprint density at radius 2 is 1.88 bits per heavy atom. The Labute approximate surface area is 155 Å². The van der Waals surface area contributed by atoms with E-state index in [0.29, 0.717) is 38.7 Å². The maximum absolute atomic E-state index is 12.1. The average Bonchev–Trinajstić information content (AvgIpc) is 2.56. The molecular weight excluding hydrogens is 369 g/mol. The van der Waals surface area contributed by atoms with Crippen molar-refractivity contribution in [2.45, 2.75) is 5.75 Å². The van der Waals surface area contributed by atoms with E-state index in [4.69, 9.17) is 32.7 Å². The normalized spacial score (nSPS) is 10.3. The first-order chi connectivity index (χ1) is 11.5. The molecule has 0 aromatic heterocycles. The van der Waals surface area contributed by atoms with E-state index < -0.39 is 0 Å². The molecular formula is C17H17Cl2NO3S. The Balaban J connectivity index is 1.94. The summed E-state index contributed by atoms with van der Waals surface area (Å²) in [6.45, 7) is 0. The lowest BCUT2D eigenvalue weighted by Crippen LogP contribution is -2.15. The second-order valence-electron chi connectivity index (χ2n) is 4.86. The van der Waals surface area contributed by atoms with Crippen LogP contribution in [0.4, 0.5) is 5.69 Å². The highest BCUT2D eigenvalue weighted by Crippen LogP contribution is 2.35. The Bertz CT molecular complexity index is 725. The number of carbonyl (C=O) groups excluding carboxylic acids is 1. The van der Waals surface area contributed by atoms with Crippen LogP contribution < -0.4 is 14.8 Å². The Kier molecular flexibility index (Phi) is 7.09. The third kappa shape index (κ3) is 5.23. The average molecular weight is 386 g/mol. The largest absolute Gasteiger partial charge is 0.495 e. The van der Waals surface area contributed by atoms with Crippen molar-refractivity contribution >= 4 is 46.6 Å². The number of carbonyl (C=O) groups is 1. The molecule has 0 unspecified atom stereocenters. The van der Waals surface area contributed by atoms with Gasteiger partial charge in [0.15, 0.2) is 0 Å². The van der Waals surface area contributed by atoms with Gasteiger partial charge in [0.2, 0.25) is 5.91 Å². The molecule has 24 heavy (non-hydrogen) atoms. The Morgan fingerprint density at radius 3 is 2.54 bits per heavy atom. The van der Waals surface area contributed by atoms with Crippen molar-refractivity contribution in [2.75, 3.05) is 25.3 Å². The van der Waals surface area contributed by atoms with Gasteiger partial charge in [-0.05, 0) is 17.7 Å². The summed E-state index contributed by atoms with van der Waals surface area (Å²) in [7, 11) is 3.03. The van der Waals surface area contributed by atoms with E-state index in [1.54, 1.807) is 12.1 Å². The number of hydrogen-bond donors (Lipinski definition) is 1. The maximum Gasteiger partial charge on any atom is 0.234 e. The summed E-state index contributed by atoms with van der Waals surface area (Å²) in [6, 6.07) is 10.8. The number of halogens is 2. The third-order valence-electron chi connectivity index (χ3n) is 3.14. The van der Waals surface area contributed by atoms with E-state index in [-0.39, 0.29) is 5.91 Å². The van der Waals surface area contributed by atoms with Crippen molar-refractivity contribution in [3.63, 3.8) is 0 Å². The van der Waals surface area contributed by atoms with Crippen molar-refractivity contribution in [3.8, 4) is 11.5 Å². The molecule has 0 fully saturated rings. The van der Waals surface area contributed by atoms with Crippen LogP contribution >= 0.6 is 35.0 Å². The molecule has 2 aromatic rings. The van der Waals surface area contributed by atoms with Gasteiger partial charge in [-0.2, -0.15) is 0 Å². The van der Waals surface area contributed by atoms with E-state index in [2.05, 4.69) is 5.32 Å². The highest BCUT2D eigenvalue weighted by atomic mass is 35.5. The van der Waals surface area contributed by atoms with Crippen LogP contribution in [-0.2, 0) is 10.5 Å². The molecule has 4 nitrogen and oxygen atoms in total. The van der Waals surface area contributed by atoms with Crippen LogP contribution in [0.3, 0.4) is 0 Å². The second kappa shape index (κ2) is 9.06. The zero-order chi connectivity index (χ0) is 17.5. The maximum atomic E-state index is 12.1. The van der Waals surface area contributed by atoms with Gasteiger partial charge < -0.3 is 14.8 Å². The first-order valence-corrected chi connectivity index (χ1v) is 8.98. The molecule has 1 amide bonds. The van der Waals surface area contributed by atoms with E-state index in [1.165, 1.54) is 26.0 Å². The molecule has 2 aromatic carbocycles. The number of benzene rings is 2. The minimum absolute atomic E-state index is 0.135. The van der Waals surface area contributed by atoms with E-state index in [0.717, 1.165) is 5.56 Å². The molecule has 0 aliphatic heterocycles. The van der Waals surface area contributed by atoms with Gasteiger partial charge in [0, 0.05) is 22.9 Å². The van der Waals surface area contributed by atoms with Crippen LogP contribution in [0.1, 0.15) is 5.56 Å². The summed E-state index contributed by atoms with van der Waals surface area (Å²) in [5.41, 5.74) is 1.60. The van der Waals surface area contributed by atoms with E-state index >= 15 is 0 Å². The molecule has 0 saturated heterocycles. The standard InChI is InChI=1S/C17H17Cl2NO3S/c1-22-15-8-14(16(23-2)7-13(15)19)20-17(21)10-24-9-11-4-3-5-12(18)6-11/h3-8H,9-10H2,1-2H3,(H,20,21). The van der Waals surface area contributed by atoms with Gasteiger partial charge in [0.05, 0.1) is 30.7 Å². The number of amides is 1. The number of nitrogens with one attached hydrogen (secondary N) is 1. The summed E-state index contributed by atoms with van der Waals surface area (Å²) in [5, 5.41) is 3.92. The van der Waals surface area contributed by atoms with Gasteiger partial charge in [-0.1, -0.05) is 35.3 Å². The lowest BCUT2D eigenvalue weighted by Gasteiger charge is -2.13. The van der Waals surface area contributed by atoms with E-state index in [1.807, 2.05) is 24.3 Å². The predicted molar refractivity (Wildman–Crippen MR) is 101 cm³/mol. The van der Waals surface area contributed by atoms with Gasteiger partial charge in [-0.15, -0.1) is 11.8 Å². The fourth-order valence-corrected chi connectivity index (χ4v) is 3.25. The van der Waals surface area contributed by atoms with Gasteiger partial charge in [-0.25, -0.2) is 0 Å². The molecule has 0 aliphatic carbocycles. The molecule has 1 N–H and O–H groups in total. The van der Waals surface area contributed by atoms with Crippen LogP contribution in [0.15, 0.2) is 36.4 Å². The number of hydrogen-bond acceptors (Lipinski definition) is 4. The van der Waals surface area contributed by atoms with Crippen molar-refractivity contribution in [3.05, 3.63) is 52.0 Å². The number of ether oxygens (including phenoxy) is 2. The van der Waals surface area contributed by atoms with Crippen molar-refractivity contribution < 1.29 is 14.3 Å². The van der Waals surface area contributed by atoms with Crippen LogP contribution in [0, 0.1) is 0 Å². The van der Waals surface area contributed by atoms with Crippen LogP contribution in [0.25, 0.3) is 0 Å².